The number of hydrogen-bond donors (Lipinski definition) is 1. The third-order valence-electron chi connectivity index (χ3n) is 1.47. The second kappa shape index (κ2) is 7.17. The van der Waals surface area contributed by atoms with Crippen LogP contribution in [0.25, 0.3) is 0 Å². The lowest BCUT2D eigenvalue weighted by atomic mass is 10.2. The Kier molecular flexibility index (Phi) is 7.03. The predicted octanol–water partition coefficient (Wildman–Crippen LogP) is 1.49. The lowest BCUT2D eigenvalue weighted by Gasteiger charge is -1.91. The first-order valence-corrected chi connectivity index (χ1v) is 5.15. The zero-order valence-corrected chi connectivity index (χ0v) is 9.16. The van der Waals surface area contributed by atoms with Crippen LogP contribution < -0.4 is 5.73 Å². The number of unbranched alkanes of at least 4 members (excludes halogenated alkanes) is 1. The summed E-state index contributed by atoms with van der Waals surface area (Å²) < 4.78 is 5.28. The van der Waals surface area contributed by atoms with Crippen LogP contribution in [-0.2, 0) is 6.42 Å². The molecule has 0 aromatic carbocycles. The van der Waals surface area contributed by atoms with E-state index in [2.05, 4.69) is 10.2 Å². The predicted molar refractivity (Wildman–Crippen MR) is 55.3 cm³/mol. The van der Waals surface area contributed by atoms with Crippen LogP contribution in [0.5, 0.6) is 0 Å². The Balaban J connectivity index is 0.00000144. The Bertz CT molecular complexity index is 231. The smallest absolute Gasteiger partial charge is 0.276 e. The Morgan fingerprint density at radius 2 is 2.15 bits per heavy atom. The van der Waals surface area contributed by atoms with Crippen LogP contribution in [0.3, 0.4) is 0 Å². The van der Waals surface area contributed by atoms with Crippen molar-refractivity contribution in [2.75, 3.05) is 12.8 Å². The molecule has 0 fully saturated rings. The molecule has 6 heteroatoms. The summed E-state index contributed by atoms with van der Waals surface area (Å²) in [4.78, 5) is 0. The zero-order valence-electron chi connectivity index (χ0n) is 7.52. The summed E-state index contributed by atoms with van der Waals surface area (Å²) in [5.41, 5.74) is 5.35. The summed E-state index contributed by atoms with van der Waals surface area (Å²) in [6.45, 7) is 0.726. The van der Waals surface area contributed by atoms with Crippen molar-refractivity contribution in [2.45, 2.75) is 24.5 Å². The molecule has 0 saturated carbocycles. The van der Waals surface area contributed by atoms with Gasteiger partial charge in [-0.25, -0.2) is 0 Å². The molecule has 0 radical (unpaired) electrons. The molecule has 0 atom stereocenters. The summed E-state index contributed by atoms with van der Waals surface area (Å²) in [5.74, 6) is 0.716. The molecule has 0 spiro atoms. The van der Waals surface area contributed by atoms with Crippen molar-refractivity contribution >= 4 is 24.2 Å². The highest BCUT2D eigenvalue weighted by Gasteiger charge is 2.02. The minimum absolute atomic E-state index is 0. The molecule has 4 nitrogen and oxygen atoms in total. The van der Waals surface area contributed by atoms with Crippen molar-refractivity contribution in [3.05, 3.63) is 5.89 Å². The Labute approximate surface area is 88.1 Å². The maximum Gasteiger partial charge on any atom is 0.276 e. The van der Waals surface area contributed by atoms with Gasteiger partial charge in [0.2, 0.25) is 5.89 Å². The van der Waals surface area contributed by atoms with E-state index in [1.54, 1.807) is 0 Å². The fraction of sp³-hybridized carbons (Fsp3) is 0.714. The van der Waals surface area contributed by atoms with Crippen molar-refractivity contribution in [2.24, 2.45) is 5.73 Å². The Morgan fingerprint density at radius 1 is 1.38 bits per heavy atom. The maximum atomic E-state index is 5.35. The number of halogens is 1. The zero-order chi connectivity index (χ0) is 8.81. The quantitative estimate of drug-likeness (QED) is 0.605. The second-order valence-electron chi connectivity index (χ2n) is 2.41. The van der Waals surface area contributed by atoms with Gasteiger partial charge < -0.3 is 10.2 Å². The summed E-state index contributed by atoms with van der Waals surface area (Å²) in [5, 5.41) is 8.35. The van der Waals surface area contributed by atoms with Crippen molar-refractivity contribution in [1.29, 1.82) is 0 Å². The average Bonchev–Trinajstić information content (AvgIpc) is 2.53. The topological polar surface area (TPSA) is 64.9 Å². The minimum Gasteiger partial charge on any atom is -0.416 e. The van der Waals surface area contributed by atoms with Gasteiger partial charge in [-0.1, -0.05) is 11.8 Å². The molecular weight excluding hydrogens is 210 g/mol. The third-order valence-corrected chi connectivity index (χ3v) is 1.98. The lowest BCUT2D eigenvalue weighted by molar-refractivity contribution is 0.408. The fourth-order valence-electron chi connectivity index (χ4n) is 0.842. The van der Waals surface area contributed by atoms with Gasteiger partial charge in [0.1, 0.15) is 0 Å². The van der Waals surface area contributed by atoms with Gasteiger partial charge >= 0.3 is 0 Å². The summed E-state index contributed by atoms with van der Waals surface area (Å²) in [6.07, 6.45) is 4.78. The number of thioether (sulfide) groups is 1. The first-order chi connectivity index (χ1) is 5.86. The number of nitrogens with zero attached hydrogens (tertiary/aromatic N) is 2. The molecule has 0 bridgehead atoms. The number of aromatic nitrogens is 2. The number of nitrogens with two attached hydrogens (primary N) is 1. The summed E-state index contributed by atoms with van der Waals surface area (Å²) in [6, 6.07) is 0. The molecule has 1 aromatic heterocycles. The van der Waals surface area contributed by atoms with Gasteiger partial charge in [-0.3, -0.25) is 0 Å². The number of aryl methyl sites for hydroxylation is 1. The van der Waals surface area contributed by atoms with Gasteiger partial charge in [-0.05, 0) is 25.6 Å². The van der Waals surface area contributed by atoms with E-state index in [0.717, 1.165) is 25.8 Å². The van der Waals surface area contributed by atoms with Crippen LogP contribution in [0.2, 0.25) is 0 Å². The average molecular weight is 224 g/mol. The molecule has 13 heavy (non-hydrogen) atoms. The molecule has 0 aliphatic carbocycles. The van der Waals surface area contributed by atoms with Crippen molar-refractivity contribution in [3.63, 3.8) is 0 Å². The van der Waals surface area contributed by atoms with Crippen molar-refractivity contribution in [3.8, 4) is 0 Å². The lowest BCUT2D eigenvalue weighted by Crippen LogP contribution is -1.98. The first-order valence-electron chi connectivity index (χ1n) is 3.93. The highest BCUT2D eigenvalue weighted by atomic mass is 35.5. The van der Waals surface area contributed by atoms with Crippen LogP contribution in [0, 0.1) is 0 Å². The van der Waals surface area contributed by atoms with Gasteiger partial charge in [0.15, 0.2) is 0 Å². The van der Waals surface area contributed by atoms with Crippen molar-refractivity contribution < 1.29 is 4.42 Å². The van der Waals surface area contributed by atoms with E-state index in [1.165, 1.54) is 11.8 Å². The molecule has 1 rings (SSSR count). The molecule has 0 aliphatic heterocycles. The Hall–Kier alpha value is -0.260. The fourth-order valence-corrected chi connectivity index (χ4v) is 1.14. The first kappa shape index (κ1) is 12.7. The second-order valence-corrected chi connectivity index (χ2v) is 3.17. The van der Waals surface area contributed by atoms with E-state index < -0.39 is 0 Å². The molecule has 0 unspecified atom stereocenters. The maximum absolute atomic E-state index is 5.35. The Morgan fingerprint density at radius 3 is 2.69 bits per heavy atom. The highest BCUT2D eigenvalue weighted by molar-refractivity contribution is 7.98. The molecular formula is C7H14ClN3OS. The molecule has 1 aromatic rings. The monoisotopic (exact) mass is 223 g/mol. The molecule has 76 valence electrons. The van der Waals surface area contributed by atoms with Crippen LogP contribution in [0.15, 0.2) is 9.64 Å². The normalized spacial score (nSPS) is 9.69. The van der Waals surface area contributed by atoms with Gasteiger partial charge in [0.25, 0.3) is 5.22 Å². The van der Waals surface area contributed by atoms with Crippen LogP contribution >= 0.6 is 24.2 Å². The van der Waals surface area contributed by atoms with E-state index in [1.807, 2.05) is 6.26 Å². The minimum atomic E-state index is 0. The molecule has 2 N–H and O–H groups in total. The SMILES string of the molecule is CSc1nnc(CCCCN)o1.Cl. The highest BCUT2D eigenvalue weighted by Crippen LogP contribution is 2.12. The van der Waals surface area contributed by atoms with Gasteiger partial charge in [-0.15, -0.1) is 22.6 Å². The van der Waals surface area contributed by atoms with E-state index in [4.69, 9.17) is 10.2 Å². The van der Waals surface area contributed by atoms with E-state index in [0.29, 0.717) is 11.1 Å². The summed E-state index contributed by atoms with van der Waals surface area (Å²) in [7, 11) is 0. The molecule has 0 saturated heterocycles. The molecule has 0 amide bonds. The van der Waals surface area contributed by atoms with Crippen LogP contribution in [0.4, 0.5) is 0 Å². The number of rotatable bonds is 5. The van der Waals surface area contributed by atoms with E-state index in [-0.39, 0.29) is 12.4 Å². The van der Waals surface area contributed by atoms with Crippen LogP contribution in [0.1, 0.15) is 18.7 Å². The number of hydrogen-bond acceptors (Lipinski definition) is 5. The van der Waals surface area contributed by atoms with Gasteiger partial charge in [0.05, 0.1) is 0 Å². The van der Waals surface area contributed by atoms with Gasteiger partial charge in [-0.2, -0.15) is 0 Å². The molecule has 0 aliphatic rings. The largest absolute Gasteiger partial charge is 0.416 e. The van der Waals surface area contributed by atoms with Gasteiger partial charge in [0, 0.05) is 6.42 Å². The van der Waals surface area contributed by atoms with Crippen molar-refractivity contribution in [1.82, 2.24) is 10.2 Å². The third kappa shape index (κ3) is 4.50. The van der Waals surface area contributed by atoms with Crippen LogP contribution in [-0.4, -0.2) is 23.0 Å². The molecule has 1 heterocycles. The van der Waals surface area contributed by atoms with E-state index in [9.17, 15) is 0 Å². The standard InChI is InChI=1S/C7H13N3OS.ClH/c1-12-7-10-9-6(11-7)4-2-3-5-8;/h2-5,8H2,1H3;1H. The van der Waals surface area contributed by atoms with E-state index >= 15 is 0 Å². The summed E-state index contributed by atoms with van der Waals surface area (Å²) >= 11 is 1.46.